The molecule has 0 saturated carbocycles. The molecule has 0 aliphatic carbocycles. The molecule has 0 saturated heterocycles. The number of hydrogen-bond donors (Lipinski definition) is 0. The Morgan fingerprint density at radius 1 is 0.514 bits per heavy atom. The third kappa shape index (κ3) is 5.31. The van der Waals surface area contributed by atoms with Crippen LogP contribution in [0.5, 0.6) is 0 Å². The number of sulfonamides is 2. The van der Waals surface area contributed by atoms with Crippen LogP contribution in [0.4, 0.5) is 11.4 Å². The smallest absolute Gasteiger partial charge is 0.200 e. The summed E-state index contributed by atoms with van der Waals surface area (Å²) in [6, 6.07) is 28.5. The minimum atomic E-state index is -4.03. The van der Waals surface area contributed by atoms with Crippen molar-refractivity contribution in [3.63, 3.8) is 0 Å². The van der Waals surface area contributed by atoms with Crippen LogP contribution < -0.4 is 8.61 Å². The summed E-state index contributed by atoms with van der Waals surface area (Å²) in [5.74, 6) is 0. The van der Waals surface area contributed by atoms with Crippen molar-refractivity contribution in [1.29, 1.82) is 10.5 Å². The standard InChI is InChI=1S/C27H20N4O4S2/c28-20-30(36(32,33)26-7-3-1-4-8-26)24-15-11-22(12-16-24)19-23-13-17-25(18-14-23)31(21-29)37(34,35)27-9-5-2-6-10-27/h1-18H,19H2. The first kappa shape index (κ1) is 25.5. The van der Waals surface area contributed by atoms with E-state index in [1.165, 1.54) is 24.3 Å². The summed E-state index contributed by atoms with van der Waals surface area (Å²) in [5, 5.41) is 19.1. The van der Waals surface area contributed by atoms with E-state index in [-0.39, 0.29) is 21.2 Å². The van der Waals surface area contributed by atoms with Gasteiger partial charge in [0.15, 0.2) is 12.4 Å². The number of anilines is 2. The van der Waals surface area contributed by atoms with Gasteiger partial charge in [0.05, 0.1) is 21.2 Å². The molecule has 0 radical (unpaired) electrons. The number of rotatable bonds is 8. The minimum Gasteiger partial charge on any atom is -0.200 e. The Labute approximate surface area is 216 Å². The van der Waals surface area contributed by atoms with Crippen LogP contribution in [0, 0.1) is 22.9 Å². The maximum Gasteiger partial charge on any atom is 0.276 e. The highest BCUT2D eigenvalue weighted by Gasteiger charge is 2.26. The molecule has 184 valence electrons. The van der Waals surface area contributed by atoms with E-state index in [9.17, 15) is 27.4 Å². The van der Waals surface area contributed by atoms with Gasteiger partial charge in [0, 0.05) is 0 Å². The van der Waals surface area contributed by atoms with Crippen molar-refractivity contribution in [3.8, 4) is 12.4 Å². The van der Waals surface area contributed by atoms with Crippen LogP contribution in [0.25, 0.3) is 0 Å². The van der Waals surface area contributed by atoms with Crippen LogP contribution in [-0.4, -0.2) is 16.8 Å². The van der Waals surface area contributed by atoms with Crippen LogP contribution >= 0.6 is 0 Å². The third-order valence-corrected chi connectivity index (χ3v) is 8.78. The molecular weight excluding hydrogens is 508 g/mol. The van der Waals surface area contributed by atoms with Gasteiger partial charge in [-0.15, -0.1) is 0 Å². The summed E-state index contributed by atoms with van der Waals surface area (Å²) in [6.07, 6.45) is 3.94. The summed E-state index contributed by atoms with van der Waals surface area (Å²) in [4.78, 5) is 0.0304. The predicted molar refractivity (Wildman–Crippen MR) is 139 cm³/mol. The van der Waals surface area contributed by atoms with E-state index in [0.717, 1.165) is 11.1 Å². The van der Waals surface area contributed by atoms with E-state index in [1.54, 1.807) is 97.3 Å². The fourth-order valence-electron chi connectivity index (χ4n) is 3.63. The summed E-state index contributed by atoms with van der Waals surface area (Å²) in [6.45, 7) is 0. The molecule has 0 atom stereocenters. The summed E-state index contributed by atoms with van der Waals surface area (Å²) in [7, 11) is -8.06. The van der Waals surface area contributed by atoms with Crippen molar-refractivity contribution >= 4 is 31.4 Å². The van der Waals surface area contributed by atoms with Gasteiger partial charge in [-0.05, 0) is 66.1 Å². The van der Waals surface area contributed by atoms with Crippen LogP contribution in [0.3, 0.4) is 0 Å². The molecular formula is C27H20N4O4S2. The monoisotopic (exact) mass is 528 g/mol. The molecule has 37 heavy (non-hydrogen) atoms. The number of nitrogens with zero attached hydrogens (tertiary/aromatic N) is 4. The van der Waals surface area contributed by atoms with Gasteiger partial charge in [-0.3, -0.25) is 0 Å². The normalized spacial score (nSPS) is 11.2. The Morgan fingerprint density at radius 2 is 0.838 bits per heavy atom. The second-order valence-electron chi connectivity index (χ2n) is 7.87. The van der Waals surface area contributed by atoms with Gasteiger partial charge >= 0.3 is 0 Å². The highest BCUT2D eigenvalue weighted by Crippen LogP contribution is 2.26. The van der Waals surface area contributed by atoms with Gasteiger partial charge < -0.3 is 0 Å². The lowest BCUT2D eigenvalue weighted by Gasteiger charge is -2.17. The first-order valence-corrected chi connectivity index (χ1v) is 13.8. The van der Waals surface area contributed by atoms with Gasteiger partial charge in [-0.2, -0.15) is 36.0 Å². The van der Waals surface area contributed by atoms with Crippen LogP contribution in [0.1, 0.15) is 11.1 Å². The van der Waals surface area contributed by atoms with Crippen molar-refractivity contribution in [3.05, 3.63) is 120 Å². The molecule has 4 rings (SSSR count). The fourth-order valence-corrected chi connectivity index (χ4v) is 6.07. The van der Waals surface area contributed by atoms with E-state index >= 15 is 0 Å². The Hall–Kier alpha value is -4.64. The highest BCUT2D eigenvalue weighted by atomic mass is 32.2. The fraction of sp³-hybridized carbons (Fsp3) is 0.0370. The lowest BCUT2D eigenvalue weighted by atomic mass is 10.0. The van der Waals surface area contributed by atoms with E-state index in [0.29, 0.717) is 15.0 Å². The molecule has 0 amide bonds. The molecule has 0 N–H and O–H groups in total. The Bertz CT molecular complexity index is 1550. The molecule has 0 unspecified atom stereocenters. The van der Waals surface area contributed by atoms with Gasteiger partial charge in [0.2, 0.25) is 0 Å². The van der Waals surface area contributed by atoms with Crippen molar-refractivity contribution in [2.75, 3.05) is 8.61 Å². The summed E-state index contributed by atoms with van der Waals surface area (Å²) in [5.41, 5.74) is 2.11. The average molecular weight is 529 g/mol. The lowest BCUT2D eigenvalue weighted by molar-refractivity contribution is 0.594. The zero-order chi connectivity index (χ0) is 26.5. The third-order valence-electron chi connectivity index (χ3n) is 5.49. The van der Waals surface area contributed by atoms with Gasteiger partial charge in [0.1, 0.15) is 0 Å². The van der Waals surface area contributed by atoms with E-state index in [4.69, 9.17) is 0 Å². The second kappa shape index (κ2) is 10.5. The number of benzene rings is 4. The first-order chi connectivity index (χ1) is 17.8. The SMILES string of the molecule is N#CN(c1ccc(Cc2ccc(N(C#N)S(=O)(=O)c3ccccc3)cc2)cc1)S(=O)(=O)c1ccccc1. The quantitative estimate of drug-likeness (QED) is 0.243. The molecule has 0 fully saturated rings. The molecule has 4 aromatic carbocycles. The van der Waals surface area contributed by atoms with Crippen LogP contribution in [-0.2, 0) is 26.5 Å². The van der Waals surface area contributed by atoms with Gasteiger partial charge in [-0.25, -0.2) is 0 Å². The second-order valence-corrected chi connectivity index (χ2v) is 11.4. The number of nitriles is 2. The highest BCUT2D eigenvalue weighted by molar-refractivity contribution is 7.93. The molecule has 4 aromatic rings. The van der Waals surface area contributed by atoms with Gasteiger partial charge in [0.25, 0.3) is 20.0 Å². The van der Waals surface area contributed by atoms with Gasteiger partial charge in [-0.1, -0.05) is 60.7 Å². The summed E-state index contributed by atoms with van der Waals surface area (Å²) >= 11 is 0. The zero-order valence-electron chi connectivity index (χ0n) is 19.3. The zero-order valence-corrected chi connectivity index (χ0v) is 21.0. The lowest BCUT2D eigenvalue weighted by Crippen LogP contribution is -2.26. The average Bonchev–Trinajstić information content (AvgIpc) is 2.92. The van der Waals surface area contributed by atoms with Crippen LogP contribution in [0.2, 0.25) is 0 Å². The Kier molecular flexibility index (Phi) is 7.25. The predicted octanol–water partition coefficient (Wildman–Crippen LogP) is 4.63. The number of hydrogen-bond acceptors (Lipinski definition) is 6. The maximum absolute atomic E-state index is 12.8. The van der Waals surface area contributed by atoms with E-state index in [2.05, 4.69) is 0 Å². The molecule has 0 spiro atoms. The molecule has 8 nitrogen and oxygen atoms in total. The van der Waals surface area contributed by atoms with E-state index < -0.39 is 20.0 Å². The Balaban J connectivity index is 1.51. The van der Waals surface area contributed by atoms with Crippen molar-refractivity contribution < 1.29 is 16.8 Å². The minimum absolute atomic E-state index is 0.0152. The van der Waals surface area contributed by atoms with Crippen LogP contribution in [0.15, 0.2) is 119 Å². The molecule has 0 aromatic heterocycles. The van der Waals surface area contributed by atoms with Crippen molar-refractivity contribution in [1.82, 2.24) is 0 Å². The van der Waals surface area contributed by atoms with Crippen molar-refractivity contribution in [2.45, 2.75) is 16.2 Å². The van der Waals surface area contributed by atoms with E-state index in [1.807, 2.05) is 0 Å². The maximum atomic E-state index is 12.8. The topological polar surface area (TPSA) is 122 Å². The van der Waals surface area contributed by atoms with Crippen molar-refractivity contribution in [2.24, 2.45) is 0 Å². The molecule has 10 heteroatoms. The largest absolute Gasteiger partial charge is 0.276 e. The molecule has 0 bridgehead atoms. The molecule has 0 aliphatic heterocycles. The first-order valence-electron chi connectivity index (χ1n) is 11.0. The molecule has 0 heterocycles. The Morgan fingerprint density at radius 3 is 1.14 bits per heavy atom. The summed E-state index contributed by atoms with van der Waals surface area (Å²) < 4.78 is 52.7. The molecule has 0 aliphatic rings.